The molecular formula is C14H11ClN2O4. The third-order valence-corrected chi connectivity index (χ3v) is 2.98. The summed E-state index contributed by atoms with van der Waals surface area (Å²) in [4.78, 5) is 22.2. The number of nitrogens with one attached hydrogen (secondary N) is 1. The van der Waals surface area contributed by atoms with E-state index in [2.05, 4.69) is 5.32 Å². The smallest absolute Gasteiger partial charge is 0.269 e. The molecule has 21 heavy (non-hydrogen) atoms. The topological polar surface area (TPSA) is 81.5 Å². The number of carbonyl (C=O) groups is 1. The Balaban J connectivity index is 2.19. The van der Waals surface area contributed by atoms with Gasteiger partial charge in [0.05, 0.1) is 17.6 Å². The van der Waals surface area contributed by atoms with Gasteiger partial charge in [-0.15, -0.1) is 0 Å². The first kappa shape index (κ1) is 14.8. The highest BCUT2D eigenvalue weighted by Gasteiger charge is 2.13. The maximum Gasteiger partial charge on any atom is 0.269 e. The summed E-state index contributed by atoms with van der Waals surface area (Å²) in [7, 11) is 1.44. The van der Waals surface area contributed by atoms with Gasteiger partial charge in [0.25, 0.3) is 11.6 Å². The minimum atomic E-state index is -0.506. The fraction of sp³-hybridized carbons (Fsp3) is 0.0714. The average molecular weight is 307 g/mol. The highest BCUT2D eigenvalue weighted by atomic mass is 35.5. The van der Waals surface area contributed by atoms with E-state index < -0.39 is 10.8 Å². The summed E-state index contributed by atoms with van der Waals surface area (Å²) in [5.74, 6) is -0.0423. The summed E-state index contributed by atoms with van der Waals surface area (Å²) >= 11 is 5.83. The molecule has 0 radical (unpaired) electrons. The third-order valence-electron chi connectivity index (χ3n) is 2.74. The fourth-order valence-electron chi connectivity index (χ4n) is 1.72. The van der Waals surface area contributed by atoms with Crippen molar-refractivity contribution in [2.45, 2.75) is 0 Å². The number of anilines is 1. The van der Waals surface area contributed by atoms with Crippen molar-refractivity contribution in [1.82, 2.24) is 0 Å². The molecule has 7 heteroatoms. The molecule has 108 valence electrons. The Morgan fingerprint density at radius 3 is 2.48 bits per heavy atom. The van der Waals surface area contributed by atoms with Gasteiger partial charge >= 0.3 is 0 Å². The van der Waals surface area contributed by atoms with Crippen LogP contribution in [0.1, 0.15) is 10.4 Å². The summed E-state index contributed by atoms with van der Waals surface area (Å²) in [5, 5.41) is 13.7. The molecule has 0 bridgehead atoms. The van der Waals surface area contributed by atoms with Crippen LogP contribution in [0.25, 0.3) is 0 Å². The van der Waals surface area contributed by atoms with Crippen molar-refractivity contribution in [3.63, 3.8) is 0 Å². The highest BCUT2D eigenvalue weighted by Crippen LogP contribution is 2.24. The average Bonchev–Trinajstić information content (AvgIpc) is 2.47. The van der Waals surface area contributed by atoms with Gasteiger partial charge in [0.15, 0.2) is 0 Å². The van der Waals surface area contributed by atoms with Crippen molar-refractivity contribution >= 4 is 28.9 Å². The van der Waals surface area contributed by atoms with Crippen LogP contribution < -0.4 is 10.1 Å². The number of halogens is 1. The maximum absolute atomic E-state index is 12.2. The number of nitro benzene ring substituents is 1. The third kappa shape index (κ3) is 3.49. The molecule has 0 aromatic heterocycles. The minimum Gasteiger partial charge on any atom is -0.496 e. The minimum absolute atomic E-state index is 0.0444. The van der Waals surface area contributed by atoms with Crippen LogP contribution in [0.3, 0.4) is 0 Å². The number of methoxy groups -OCH3 is 1. The van der Waals surface area contributed by atoms with Gasteiger partial charge in [0.2, 0.25) is 0 Å². The molecule has 0 spiro atoms. The Morgan fingerprint density at radius 2 is 1.90 bits per heavy atom. The number of carbonyl (C=O) groups excluding carboxylic acids is 1. The predicted octanol–water partition coefficient (Wildman–Crippen LogP) is 3.51. The number of benzene rings is 2. The largest absolute Gasteiger partial charge is 0.496 e. The van der Waals surface area contributed by atoms with E-state index in [1.54, 1.807) is 12.1 Å². The van der Waals surface area contributed by atoms with Crippen molar-refractivity contribution in [3.05, 3.63) is 63.2 Å². The molecule has 1 amide bonds. The molecule has 0 saturated heterocycles. The van der Waals surface area contributed by atoms with Crippen molar-refractivity contribution in [2.24, 2.45) is 0 Å². The Bertz CT molecular complexity index is 686. The van der Waals surface area contributed by atoms with Crippen LogP contribution in [0.2, 0.25) is 5.02 Å². The predicted molar refractivity (Wildman–Crippen MR) is 79.1 cm³/mol. The van der Waals surface area contributed by atoms with Gasteiger partial charge in [-0.05, 0) is 30.3 Å². The molecule has 0 aliphatic rings. The number of amides is 1. The monoisotopic (exact) mass is 306 g/mol. The van der Waals surface area contributed by atoms with E-state index in [1.165, 1.54) is 37.4 Å². The summed E-state index contributed by atoms with van der Waals surface area (Å²) in [6, 6.07) is 10.2. The molecule has 2 rings (SSSR count). The van der Waals surface area contributed by atoms with Gasteiger partial charge in [0, 0.05) is 22.8 Å². The van der Waals surface area contributed by atoms with Gasteiger partial charge in [-0.1, -0.05) is 11.6 Å². The molecular weight excluding hydrogens is 296 g/mol. The number of ether oxygens (including phenoxy) is 1. The summed E-state index contributed by atoms with van der Waals surface area (Å²) < 4.78 is 5.10. The molecule has 2 aromatic rings. The zero-order valence-corrected chi connectivity index (χ0v) is 11.8. The second-order valence-corrected chi connectivity index (χ2v) is 4.54. The number of hydrogen-bond acceptors (Lipinski definition) is 4. The Labute approximate surface area is 125 Å². The Morgan fingerprint density at radius 1 is 1.24 bits per heavy atom. The molecule has 0 atom stereocenters. The van der Waals surface area contributed by atoms with Gasteiger partial charge in [-0.3, -0.25) is 14.9 Å². The number of nitro groups is 1. The number of non-ortho nitro benzene ring substituents is 1. The lowest BCUT2D eigenvalue weighted by molar-refractivity contribution is -0.384. The van der Waals surface area contributed by atoms with Crippen LogP contribution in [0.15, 0.2) is 42.5 Å². The highest BCUT2D eigenvalue weighted by molar-refractivity contribution is 6.31. The van der Waals surface area contributed by atoms with Crippen LogP contribution in [0.5, 0.6) is 5.75 Å². The first-order chi connectivity index (χ1) is 10.0. The lowest BCUT2D eigenvalue weighted by atomic mass is 10.2. The molecule has 0 heterocycles. The molecule has 0 aliphatic heterocycles. The first-order valence-electron chi connectivity index (χ1n) is 5.90. The van der Waals surface area contributed by atoms with Gasteiger partial charge in [0.1, 0.15) is 5.75 Å². The number of hydrogen-bond donors (Lipinski definition) is 1. The van der Waals surface area contributed by atoms with Crippen molar-refractivity contribution in [1.29, 1.82) is 0 Å². The second kappa shape index (κ2) is 6.23. The van der Waals surface area contributed by atoms with E-state index in [-0.39, 0.29) is 5.69 Å². The lowest BCUT2D eigenvalue weighted by Crippen LogP contribution is -2.13. The molecule has 6 nitrogen and oxygen atoms in total. The van der Waals surface area contributed by atoms with Crippen molar-refractivity contribution in [2.75, 3.05) is 12.4 Å². The van der Waals surface area contributed by atoms with Crippen LogP contribution in [0, 0.1) is 10.1 Å². The zero-order valence-electron chi connectivity index (χ0n) is 11.0. The summed E-state index contributed by atoms with van der Waals surface area (Å²) in [5.41, 5.74) is 0.722. The maximum atomic E-state index is 12.2. The summed E-state index contributed by atoms with van der Waals surface area (Å²) in [6.07, 6.45) is 0. The number of nitrogens with zero attached hydrogens (tertiary/aromatic N) is 1. The summed E-state index contributed by atoms with van der Waals surface area (Å²) in [6.45, 7) is 0. The van der Waals surface area contributed by atoms with E-state index >= 15 is 0 Å². The molecule has 0 aliphatic carbocycles. The zero-order chi connectivity index (χ0) is 15.4. The molecule has 0 unspecified atom stereocenters. The SMILES string of the molecule is COc1cc(Cl)ccc1C(=O)Nc1ccc([N+](=O)[O-])cc1. The van der Waals surface area contributed by atoms with E-state index in [1.807, 2.05) is 0 Å². The van der Waals surface area contributed by atoms with Crippen LogP contribution >= 0.6 is 11.6 Å². The first-order valence-corrected chi connectivity index (χ1v) is 6.28. The van der Waals surface area contributed by atoms with Crippen LogP contribution in [-0.4, -0.2) is 17.9 Å². The molecule has 0 saturated carbocycles. The van der Waals surface area contributed by atoms with Crippen LogP contribution in [0.4, 0.5) is 11.4 Å². The molecule has 2 aromatic carbocycles. The van der Waals surface area contributed by atoms with Crippen molar-refractivity contribution < 1.29 is 14.5 Å². The Hall–Kier alpha value is -2.60. The fourth-order valence-corrected chi connectivity index (χ4v) is 1.88. The second-order valence-electron chi connectivity index (χ2n) is 4.10. The van der Waals surface area contributed by atoms with Crippen molar-refractivity contribution in [3.8, 4) is 5.75 Å². The van der Waals surface area contributed by atoms with Crippen LogP contribution in [-0.2, 0) is 0 Å². The Kier molecular flexibility index (Phi) is 4.39. The van der Waals surface area contributed by atoms with Gasteiger partial charge < -0.3 is 10.1 Å². The molecule has 1 N–H and O–H groups in total. The van der Waals surface area contributed by atoms with E-state index in [0.29, 0.717) is 22.0 Å². The normalized spacial score (nSPS) is 10.0. The standard InChI is InChI=1S/C14H11ClN2O4/c1-21-13-8-9(15)2-7-12(13)14(18)16-10-3-5-11(6-4-10)17(19)20/h2-8H,1H3,(H,16,18). The van der Waals surface area contributed by atoms with E-state index in [9.17, 15) is 14.9 Å². The van der Waals surface area contributed by atoms with Gasteiger partial charge in [-0.25, -0.2) is 0 Å². The molecule has 0 fully saturated rings. The lowest BCUT2D eigenvalue weighted by Gasteiger charge is -2.09. The number of rotatable bonds is 4. The van der Waals surface area contributed by atoms with E-state index in [4.69, 9.17) is 16.3 Å². The van der Waals surface area contributed by atoms with E-state index in [0.717, 1.165) is 0 Å². The quantitative estimate of drug-likeness (QED) is 0.692. The van der Waals surface area contributed by atoms with Gasteiger partial charge in [-0.2, -0.15) is 0 Å².